The Balaban J connectivity index is 2.69. The van der Waals surface area contributed by atoms with Gasteiger partial charge >= 0.3 is 5.97 Å². The van der Waals surface area contributed by atoms with Crippen molar-refractivity contribution in [1.82, 2.24) is 0 Å². The summed E-state index contributed by atoms with van der Waals surface area (Å²) in [5, 5.41) is 9.39. The lowest BCUT2D eigenvalue weighted by atomic mass is 10.2. The van der Waals surface area contributed by atoms with Crippen molar-refractivity contribution in [3.8, 4) is 5.75 Å². The highest BCUT2D eigenvalue weighted by molar-refractivity contribution is 6.02. The molecule has 0 bridgehead atoms. The molecule has 0 saturated carbocycles. The molecule has 2 rings (SSSR count). The van der Waals surface area contributed by atoms with E-state index < -0.39 is 5.97 Å². The van der Waals surface area contributed by atoms with Crippen molar-refractivity contribution in [3.63, 3.8) is 0 Å². The van der Waals surface area contributed by atoms with Gasteiger partial charge in [0.15, 0.2) is 0 Å². The van der Waals surface area contributed by atoms with Gasteiger partial charge in [-0.1, -0.05) is 0 Å². The lowest BCUT2D eigenvalue weighted by Gasteiger charge is -1.98. The molecule has 0 spiro atoms. The minimum Gasteiger partial charge on any atom is -0.497 e. The first kappa shape index (κ1) is 8.62. The van der Waals surface area contributed by atoms with Crippen LogP contribution in [0.15, 0.2) is 28.9 Å². The highest BCUT2D eigenvalue weighted by Crippen LogP contribution is 2.25. The Hall–Kier alpha value is -1.97. The number of fused-ring (bicyclic) bond motifs is 1. The number of aromatic carboxylic acids is 1. The molecule has 1 aromatic heterocycles. The summed E-state index contributed by atoms with van der Waals surface area (Å²) in [5.74, 6) is -0.390. The van der Waals surface area contributed by atoms with Gasteiger partial charge in [-0.15, -0.1) is 0 Å². The fraction of sp³-hybridized carbons (Fsp3) is 0.100. The molecule has 0 fully saturated rings. The molecule has 0 radical (unpaired) electrons. The Kier molecular flexibility index (Phi) is 1.89. The Morgan fingerprint density at radius 3 is 2.93 bits per heavy atom. The SMILES string of the molecule is COc1ccc2occ(C(=O)O)c2c1. The molecular formula is C10H8O4. The molecule has 14 heavy (non-hydrogen) atoms. The number of hydrogen-bond donors (Lipinski definition) is 1. The summed E-state index contributed by atoms with van der Waals surface area (Å²) in [6.45, 7) is 0. The topological polar surface area (TPSA) is 59.7 Å². The first-order valence-electron chi connectivity index (χ1n) is 4.01. The molecular weight excluding hydrogens is 184 g/mol. The third-order valence-corrected chi connectivity index (χ3v) is 2.01. The van der Waals surface area contributed by atoms with E-state index in [0.717, 1.165) is 0 Å². The van der Waals surface area contributed by atoms with Gasteiger partial charge in [0.1, 0.15) is 23.2 Å². The molecule has 72 valence electrons. The Morgan fingerprint density at radius 1 is 1.50 bits per heavy atom. The van der Waals surface area contributed by atoms with Gasteiger partial charge < -0.3 is 14.3 Å². The van der Waals surface area contributed by atoms with Gasteiger partial charge in [-0.05, 0) is 18.2 Å². The zero-order chi connectivity index (χ0) is 10.1. The average Bonchev–Trinajstić information content (AvgIpc) is 2.59. The van der Waals surface area contributed by atoms with Crippen LogP contribution >= 0.6 is 0 Å². The van der Waals surface area contributed by atoms with E-state index >= 15 is 0 Å². The lowest BCUT2D eigenvalue weighted by molar-refractivity contribution is 0.0698. The quantitative estimate of drug-likeness (QED) is 0.791. The minimum absolute atomic E-state index is 0.152. The Labute approximate surface area is 79.7 Å². The van der Waals surface area contributed by atoms with Crippen LogP contribution in [0.1, 0.15) is 10.4 Å². The zero-order valence-corrected chi connectivity index (χ0v) is 7.48. The van der Waals surface area contributed by atoms with E-state index in [4.69, 9.17) is 14.3 Å². The Morgan fingerprint density at radius 2 is 2.29 bits per heavy atom. The van der Waals surface area contributed by atoms with E-state index in [1.54, 1.807) is 18.2 Å². The summed E-state index contributed by atoms with van der Waals surface area (Å²) >= 11 is 0. The summed E-state index contributed by atoms with van der Waals surface area (Å²) < 4.78 is 10.1. The first-order valence-corrected chi connectivity index (χ1v) is 4.01. The fourth-order valence-corrected chi connectivity index (χ4v) is 1.30. The van der Waals surface area contributed by atoms with Crippen molar-refractivity contribution in [2.45, 2.75) is 0 Å². The van der Waals surface area contributed by atoms with E-state index in [9.17, 15) is 4.79 Å². The van der Waals surface area contributed by atoms with E-state index in [-0.39, 0.29) is 5.56 Å². The van der Waals surface area contributed by atoms with Crippen molar-refractivity contribution in [1.29, 1.82) is 0 Å². The number of methoxy groups -OCH3 is 1. The molecule has 0 aliphatic rings. The van der Waals surface area contributed by atoms with Crippen LogP contribution in [-0.4, -0.2) is 18.2 Å². The van der Waals surface area contributed by atoms with E-state index in [1.807, 2.05) is 0 Å². The van der Waals surface area contributed by atoms with Crippen LogP contribution in [0.2, 0.25) is 0 Å². The number of carbonyl (C=O) groups is 1. The molecule has 1 N–H and O–H groups in total. The number of furan rings is 1. The van der Waals surface area contributed by atoms with E-state index in [2.05, 4.69) is 0 Å². The van der Waals surface area contributed by atoms with Gasteiger partial charge in [-0.3, -0.25) is 0 Å². The van der Waals surface area contributed by atoms with Crippen LogP contribution in [0.5, 0.6) is 5.75 Å². The summed E-state index contributed by atoms with van der Waals surface area (Å²) in [7, 11) is 1.53. The maximum Gasteiger partial charge on any atom is 0.339 e. The van der Waals surface area contributed by atoms with Crippen LogP contribution in [0.3, 0.4) is 0 Å². The number of rotatable bonds is 2. The lowest BCUT2D eigenvalue weighted by Crippen LogP contribution is -1.93. The van der Waals surface area contributed by atoms with Crippen LogP contribution in [0.25, 0.3) is 11.0 Å². The third-order valence-electron chi connectivity index (χ3n) is 2.01. The highest BCUT2D eigenvalue weighted by atomic mass is 16.5. The smallest absolute Gasteiger partial charge is 0.339 e. The zero-order valence-electron chi connectivity index (χ0n) is 7.48. The standard InChI is InChI=1S/C10H8O4/c1-13-6-2-3-9-7(4-6)8(5-14-9)10(11)12/h2-5H,1H3,(H,11,12). The van der Waals surface area contributed by atoms with Crippen molar-refractivity contribution in [3.05, 3.63) is 30.0 Å². The molecule has 0 atom stereocenters. The summed E-state index contributed by atoms with van der Waals surface area (Å²) in [4.78, 5) is 10.8. The minimum atomic E-state index is -1.00. The maximum absolute atomic E-state index is 10.8. The number of ether oxygens (including phenoxy) is 1. The van der Waals surface area contributed by atoms with Crippen molar-refractivity contribution in [2.75, 3.05) is 7.11 Å². The van der Waals surface area contributed by atoms with Gasteiger partial charge in [0.05, 0.1) is 7.11 Å². The second-order valence-corrected chi connectivity index (χ2v) is 2.82. The molecule has 4 heteroatoms. The second kappa shape index (κ2) is 3.06. The molecule has 0 unspecified atom stereocenters. The van der Waals surface area contributed by atoms with Gasteiger partial charge in [0.25, 0.3) is 0 Å². The van der Waals surface area contributed by atoms with Crippen LogP contribution in [-0.2, 0) is 0 Å². The van der Waals surface area contributed by atoms with E-state index in [1.165, 1.54) is 13.4 Å². The van der Waals surface area contributed by atoms with Crippen molar-refractivity contribution >= 4 is 16.9 Å². The molecule has 0 amide bonds. The molecule has 2 aromatic rings. The molecule has 0 saturated heterocycles. The highest BCUT2D eigenvalue weighted by Gasteiger charge is 2.12. The van der Waals surface area contributed by atoms with Crippen molar-refractivity contribution < 1.29 is 19.1 Å². The van der Waals surface area contributed by atoms with Crippen molar-refractivity contribution in [2.24, 2.45) is 0 Å². The monoisotopic (exact) mass is 192 g/mol. The Bertz CT molecular complexity index is 484. The van der Waals surface area contributed by atoms with Gasteiger partial charge in [-0.2, -0.15) is 0 Å². The normalized spacial score (nSPS) is 10.4. The molecule has 1 heterocycles. The second-order valence-electron chi connectivity index (χ2n) is 2.82. The third kappa shape index (κ3) is 1.21. The molecule has 0 aliphatic heterocycles. The van der Waals surface area contributed by atoms with E-state index in [0.29, 0.717) is 16.7 Å². The average molecular weight is 192 g/mol. The maximum atomic E-state index is 10.8. The molecule has 4 nitrogen and oxygen atoms in total. The van der Waals surface area contributed by atoms with Crippen LogP contribution < -0.4 is 4.74 Å². The predicted molar refractivity (Wildman–Crippen MR) is 49.7 cm³/mol. The largest absolute Gasteiger partial charge is 0.497 e. The van der Waals surface area contributed by atoms with Crippen LogP contribution in [0.4, 0.5) is 0 Å². The van der Waals surface area contributed by atoms with Gasteiger partial charge in [0, 0.05) is 5.39 Å². The van der Waals surface area contributed by atoms with Gasteiger partial charge in [-0.25, -0.2) is 4.79 Å². The van der Waals surface area contributed by atoms with Crippen LogP contribution in [0, 0.1) is 0 Å². The summed E-state index contributed by atoms with van der Waals surface area (Å²) in [6, 6.07) is 5.04. The molecule has 1 aromatic carbocycles. The number of hydrogen-bond acceptors (Lipinski definition) is 3. The van der Waals surface area contributed by atoms with Gasteiger partial charge in [0.2, 0.25) is 0 Å². The first-order chi connectivity index (χ1) is 6.72. The fourth-order valence-electron chi connectivity index (χ4n) is 1.30. The summed E-state index contributed by atoms with van der Waals surface area (Å²) in [5.41, 5.74) is 0.696. The number of carboxylic acids is 1. The summed E-state index contributed by atoms with van der Waals surface area (Å²) in [6.07, 6.45) is 1.23. The predicted octanol–water partition coefficient (Wildman–Crippen LogP) is 2.14. The number of benzene rings is 1. The number of carboxylic acid groups (broad SMARTS) is 1. The molecule has 0 aliphatic carbocycles.